The highest BCUT2D eigenvalue weighted by atomic mass is 79.9. The minimum Gasteiger partial charge on any atom is -0.462 e. The molecular formula is C18H13BrN2O4. The Morgan fingerprint density at radius 1 is 1.32 bits per heavy atom. The number of carbonyl (C=O) groups is 2. The van der Waals surface area contributed by atoms with Crippen molar-refractivity contribution in [2.75, 3.05) is 6.61 Å². The first-order chi connectivity index (χ1) is 12.0. The van der Waals surface area contributed by atoms with Gasteiger partial charge in [-0.05, 0) is 52.7 Å². The topological polar surface area (TPSA) is 89.3 Å². The second kappa shape index (κ2) is 8.76. The van der Waals surface area contributed by atoms with E-state index >= 15 is 0 Å². The number of ether oxygens (including phenoxy) is 2. The van der Waals surface area contributed by atoms with Crippen molar-refractivity contribution >= 4 is 33.9 Å². The number of nitriles is 1. The fourth-order valence-corrected chi connectivity index (χ4v) is 2.23. The summed E-state index contributed by atoms with van der Waals surface area (Å²) in [6.07, 6.45) is 4.32. The molecule has 0 amide bonds. The summed E-state index contributed by atoms with van der Waals surface area (Å²) < 4.78 is 10.8. The minimum absolute atomic E-state index is 0.137. The molecule has 2 rings (SSSR count). The largest absolute Gasteiger partial charge is 0.462 e. The smallest absolute Gasteiger partial charge is 0.348 e. The van der Waals surface area contributed by atoms with Gasteiger partial charge in [-0.15, -0.1) is 0 Å². The molecule has 0 bridgehead atoms. The SMILES string of the molecule is CCOC(=O)/C(C#N)=C/c1cccc(OC(=O)c2cncc(Br)c2)c1. The fourth-order valence-electron chi connectivity index (χ4n) is 1.87. The summed E-state index contributed by atoms with van der Waals surface area (Å²) in [6, 6.07) is 9.84. The van der Waals surface area contributed by atoms with E-state index in [1.165, 1.54) is 12.3 Å². The zero-order valence-electron chi connectivity index (χ0n) is 13.2. The van der Waals surface area contributed by atoms with Crippen LogP contribution in [-0.2, 0) is 9.53 Å². The Bertz CT molecular complexity index is 871. The number of carbonyl (C=O) groups excluding carboxylic acids is 2. The van der Waals surface area contributed by atoms with Gasteiger partial charge in [0.15, 0.2) is 0 Å². The van der Waals surface area contributed by atoms with E-state index in [0.29, 0.717) is 15.6 Å². The number of hydrogen-bond donors (Lipinski definition) is 0. The lowest BCUT2D eigenvalue weighted by molar-refractivity contribution is -0.137. The zero-order valence-corrected chi connectivity index (χ0v) is 14.8. The van der Waals surface area contributed by atoms with Crippen LogP contribution in [-0.4, -0.2) is 23.5 Å². The zero-order chi connectivity index (χ0) is 18.2. The van der Waals surface area contributed by atoms with Gasteiger partial charge in [-0.1, -0.05) is 12.1 Å². The first kappa shape index (κ1) is 18.4. The maximum Gasteiger partial charge on any atom is 0.348 e. The molecule has 1 aromatic heterocycles. The molecule has 1 aromatic carbocycles. The minimum atomic E-state index is -0.701. The number of aromatic nitrogens is 1. The summed E-state index contributed by atoms with van der Waals surface area (Å²) in [5, 5.41) is 9.06. The highest BCUT2D eigenvalue weighted by Crippen LogP contribution is 2.18. The third kappa shape index (κ3) is 5.26. The van der Waals surface area contributed by atoms with Crippen molar-refractivity contribution in [3.8, 4) is 11.8 Å². The molecule has 1 heterocycles. The van der Waals surface area contributed by atoms with E-state index in [2.05, 4.69) is 20.9 Å². The first-order valence-electron chi connectivity index (χ1n) is 7.25. The van der Waals surface area contributed by atoms with Crippen molar-refractivity contribution in [3.63, 3.8) is 0 Å². The highest BCUT2D eigenvalue weighted by Gasteiger charge is 2.12. The summed E-state index contributed by atoms with van der Waals surface area (Å²) in [5.41, 5.74) is 0.684. The monoisotopic (exact) mass is 400 g/mol. The summed E-state index contributed by atoms with van der Waals surface area (Å²) in [4.78, 5) is 27.7. The molecule has 126 valence electrons. The average Bonchev–Trinajstić information content (AvgIpc) is 2.60. The molecule has 0 N–H and O–H groups in total. The van der Waals surface area contributed by atoms with Gasteiger partial charge in [0.05, 0.1) is 12.2 Å². The molecule has 0 atom stereocenters. The molecule has 0 fully saturated rings. The summed E-state index contributed by atoms with van der Waals surface area (Å²) >= 11 is 3.24. The van der Waals surface area contributed by atoms with E-state index in [1.54, 1.807) is 49.5 Å². The number of hydrogen-bond acceptors (Lipinski definition) is 6. The van der Waals surface area contributed by atoms with Crippen LogP contribution in [0.4, 0.5) is 0 Å². The summed E-state index contributed by atoms with van der Waals surface area (Å²) in [5.74, 6) is -0.992. The third-order valence-corrected chi connectivity index (χ3v) is 3.37. The average molecular weight is 401 g/mol. The van der Waals surface area contributed by atoms with Crippen molar-refractivity contribution < 1.29 is 19.1 Å². The van der Waals surface area contributed by atoms with E-state index < -0.39 is 11.9 Å². The van der Waals surface area contributed by atoms with Gasteiger partial charge in [-0.2, -0.15) is 5.26 Å². The number of halogens is 1. The van der Waals surface area contributed by atoms with E-state index in [9.17, 15) is 9.59 Å². The van der Waals surface area contributed by atoms with Crippen LogP contribution in [0.25, 0.3) is 6.08 Å². The van der Waals surface area contributed by atoms with E-state index in [1.807, 2.05) is 0 Å². The quantitative estimate of drug-likeness (QED) is 0.330. The number of benzene rings is 1. The Hall–Kier alpha value is -2.98. The summed E-state index contributed by atoms with van der Waals surface area (Å²) in [6.45, 7) is 1.83. The molecule has 0 radical (unpaired) electrons. The van der Waals surface area contributed by atoms with Crippen molar-refractivity contribution in [1.82, 2.24) is 4.98 Å². The maximum atomic E-state index is 12.1. The second-order valence-electron chi connectivity index (χ2n) is 4.74. The summed E-state index contributed by atoms with van der Waals surface area (Å²) in [7, 11) is 0. The molecule has 0 aliphatic rings. The predicted octanol–water partition coefficient (Wildman–Crippen LogP) is 3.53. The number of nitrogens with zero attached hydrogens (tertiary/aromatic N) is 2. The number of rotatable bonds is 5. The molecule has 0 saturated carbocycles. The molecule has 0 saturated heterocycles. The van der Waals surface area contributed by atoms with Gasteiger partial charge in [0, 0.05) is 16.9 Å². The lowest BCUT2D eigenvalue weighted by atomic mass is 10.1. The van der Waals surface area contributed by atoms with Gasteiger partial charge < -0.3 is 9.47 Å². The standard InChI is InChI=1S/C18H13BrN2O4/c1-2-24-17(22)13(9-20)6-12-4-3-5-16(7-12)25-18(23)14-8-15(19)11-21-10-14/h3-8,10-11H,2H2,1H3/b13-6+. The van der Waals surface area contributed by atoms with Crippen LogP contribution in [0.15, 0.2) is 52.8 Å². The second-order valence-corrected chi connectivity index (χ2v) is 5.66. The lowest BCUT2D eigenvalue weighted by Gasteiger charge is -2.05. The van der Waals surface area contributed by atoms with Crippen LogP contribution in [0.5, 0.6) is 5.75 Å². The number of esters is 2. The molecule has 25 heavy (non-hydrogen) atoms. The van der Waals surface area contributed by atoms with E-state index in [-0.39, 0.29) is 17.9 Å². The van der Waals surface area contributed by atoms with Crippen LogP contribution in [0.3, 0.4) is 0 Å². The van der Waals surface area contributed by atoms with E-state index in [0.717, 1.165) is 0 Å². The normalized spacial score (nSPS) is 10.7. The van der Waals surface area contributed by atoms with Crippen LogP contribution >= 0.6 is 15.9 Å². The number of pyridine rings is 1. The molecule has 0 aliphatic carbocycles. The van der Waals surface area contributed by atoms with E-state index in [4.69, 9.17) is 14.7 Å². The Morgan fingerprint density at radius 2 is 2.12 bits per heavy atom. The van der Waals surface area contributed by atoms with Crippen LogP contribution in [0, 0.1) is 11.3 Å². The van der Waals surface area contributed by atoms with Crippen LogP contribution in [0.2, 0.25) is 0 Å². The van der Waals surface area contributed by atoms with Crippen molar-refractivity contribution in [2.45, 2.75) is 6.92 Å². The fraction of sp³-hybridized carbons (Fsp3) is 0.111. The molecule has 0 unspecified atom stereocenters. The molecule has 7 heteroatoms. The van der Waals surface area contributed by atoms with Gasteiger partial charge in [-0.25, -0.2) is 9.59 Å². The molecule has 0 aliphatic heterocycles. The van der Waals surface area contributed by atoms with Crippen LogP contribution in [0.1, 0.15) is 22.8 Å². The Labute approximate surface area is 152 Å². The maximum absolute atomic E-state index is 12.1. The van der Waals surface area contributed by atoms with Crippen molar-refractivity contribution in [2.24, 2.45) is 0 Å². The molecular weight excluding hydrogens is 388 g/mol. The Morgan fingerprint density at radius 3 is 2.80 bits per heavy atom. The Balaban J connectivity index is 2.20. The van der Waals surface area contributed by atoms with Gasteiger partial charge in [0.1, 0.15) is 17.4 Å². The van der Waals surface area contributed by atoms with Gasteiger partial charge in [-0.3, -0.25) is 4.98 Å². The first-order valence-corrected chi connectivity index (χ1v) is 8.04. The van der Waals surface area contributed by atoms with Crippen molar-refractivity contribution in [1.29, 1.82) is 5.26 Å². The molecule has 2 aromatic rings. The Kier molecular flexibility index (Phi) is 6.43. The predicted molar refractivity (Wildman–Crippen MR) is 93.6 cm³/mol. The molecule has 0 spiro atoms. The van der Waals surface area contributed by atoms with Gasteiger partial charge in [0.2, 0.25) is 0 Å². The van der Waals surface area contributed by atoms with Gasteiger partial charge >= 0.3 is 11.9 Å². The van der Waals surface area contributed by atoms with Crippen molar-refractivity contribution in [3.05, 3.63) is 63.9 Å². The highest BCUT2D eigenvalue weighted by molar-refractivity contribution is 9.10. The van der Waals surface area contributed by atoms with Gasteiger partial charge in [0.25, 0.3) is 0 Å². The third-order valence-electron chi connectivity index (χ3n) is 2.94. The lowest BCUT2D eigenvalue weighted by Crippen LogP contribution is -2.09. The molecule has 6 nitrogen and oxygen atoms in total. The van der Waals surface area contributed by atoms with Crippen LogP contribution < -0.4 is 4.74 Å².